The summed E-state index contributed by atoms with van der Waals surface area (Å²) in [6, 6.07) is 7.12. The molecule has 1 aliphatic rings. The molecular formula is C23H32N6O5. The number of nitrogen functional groups attached to an aromatic ring is 1. The first-order chi connectivity index (χ1) is 16.1. The largest absolute Gasteiger partial charge is 0.495 e. The molecule has 0 spiro atoms. The van der Waals surface area contributed by atoms with Crippen LogP contribution in [0.2, 0.25) is 0 Å². The average molecular weight is 473 g/mol. The molecule has 0 bridgehead atoms. The van der Waals surface area contributed by atoms with E-state index in [2.05, 4.69) is 20.6 Å². The first kappa shape index (κ1) is 24.9. The molecular weight excluding hydrogens is 440 g/mol. The van der Waals surface area contributed by atoms with E-state index in [1.165, 1.54) is 0 Å². The molecule has 1 atom stereocenters. The number of esters is 1. The monoisotopic (exact) mass is 472 g/mol. The van der Waals surface area contributed by atoms with E-state index in [1.54, 1.807) is 31.1 Å². The van der Waals surface area contributed by atoms with Crippen molar-refractivity contribution >= 4 is 35.2 Å². The SMILES string of the molecule is CCOC(=O)c1nc(N[C@H]2CCN(C(=O)OC(C)(C)C)C2)nc(Nc2ccccc2OC)c1N. The van der Waals surface area contributed by atoms with E-state index in [-0.39, 0.29) is 41.9 Å². The van der Waals surface area contributed by atoms with Gasteiger partial charge in [0.1, 0.15) is 17.0 Å². The number of para-hydroxylation sites is 2. The lowest BCUT2D eigenvalue weighted by molar-refractivity contribution is 0.0293. The van der Waals surface area contributed by atoms with Gasteiger partial charge in [0.15, 0.2) is 11.5 Å². The summed E-state index contributed by atoms with van der Waals surface area (Å²) in [5.74, 6) is 0.338. The van der Waals surface area contributed by atoms with Gasteiger partial charge < -0.3 is 35.5 Å². The minimum atomic E-state index is -0.657. The molecule has 0 aliphatic carbocycles. The summed E-state index contributed by atoms with van der Waals surface area (Å²) in [4.78, 5) is 35.3. The van der Waals surface area contributed by atoms with Gasteiger partial charge >= 0.3 is 12.1 Å². The highest BCUT2D eigenvalue weighted by Gasteiger charge is 2.31. The number of likely N-dealkylation sites (tertiary alicyclic amines) is 1. The summed E-state index contributed by atoms with van der Waals surface area (Å²) >= 11 is 0. The van der Waals surface area contributed by atoms with Crippen molar-refractivity contribution in [3.05, 3.63) is 30.0 Å². The van der Waals surface area contributed by atoms with Gasteiger partial charge in [-0.3, -0.25) is 0 Å². The first-order valence-electron chi connectivity index (χ1n) is 11.1. The second-order valence-electron chi connectivity index (χ2n) is 8.76. The van der Waals surface area contributed by atoms with Crippen LogP contribution in [0.25, 0.3) is 0 Å². The molecule has 2 heterocycles. The van der Waals surface area contributed by atoms with Gasteiger partial charge in [0.25, 0.3) is 0 Å². The smallest absolute Gasteiger partial charge is 0.410 e. The number of ether oxygens (including phenoxy) is 3. The number of rotatable bonds is 7. The molecule has 0 unspecified atom stereocenters. The maximum absolute atomic E-state index is 12.5. The van der Waals surface area contributed by atoms with Crippen LogP contribution >= 0.6 is 0 Å². The van der Waals surface area contributed by atoms with Crippen LogP contribution in [0.3, 0.4) is 0 Å². The number of nitrogens with two attached hydrogens (primary N) is 1. The van der Waals surface area contributed by atoms with E-state index >= 15 is 0 Å². The van der Waals surface area contributed by atoms with Gasteiger partial charge in [-0.05, 0) is 46.2 Å². The molecule has 34 heavy (non-hydrogen) atoms. The van der Waals surface area contributed by atoms with E-state index in [0.717, 1.165) is 0 Å². The van der Waals surface area contributed by atoms with E-state index in [0.29, 0.717) is 30.9 Å². The van der Waals surface area contributed by atoms with Gasteiger partial charge in [0.2, 0.25) is 5.95 Å². The quantitative estimate of drug-likeness (QED) is 0.513. The van der Waals surface area contributed by atoms with Crippen molar-refractivity contribution in [2.75, 3.05) is 43.2 Å². The molecule has 0 saturated carbocycles. The average Bonchev–Trinajstić information content (AvgIpc) is 3.24. The summed E-state index contributed by atoms with van der Waals surface area (Å²) in [5, 5.41) is 6.32. The topological polar surface area (TPSA) is 141 Å². The van der Waals surface area contributed by atoms with Crippen molar-refractivity contribution in [2.45, 2.75) is 45.8 Å². The summed E-state index contributed by atoms with van der Waals surface area (Å²) < 4.78 is 15.9. The van der Waals surface area contributed by atoms with Crippen molar-refractivity contribution in [2.24, 2.45) is 0 Å². The van der Waals surface area contributed by atoms with Crippen molar-refractivity contribution in [3.8, 4) is 5.75 Å². The maximum atomic E-state index is 12.5. The zero-order chi connectivity index (χ0) is 24.9. The molecule has 1 aliphatic heterocycles. The normalized spacial score (nSPS) is 15.6. The van der Waals surface area contributed by atoms with Crippen LogP contribution in [0.1, 0.15) is 44.6 Å². The first-order valence-corrected chi connectivity index (χ1v) is 11.1. The molecule has 184 valence electrons. The summed E-state index contributed by atoms with van der Waals surface area (Å²) in [6.07, 6.45) is 0.289. The predicted octanol–water partition coefficient (Wildman–Crippen LogP) is 3.41. The Balaban J connectivity index is 1.84. The number of amides is 1. The number of hydrogen-bond donors (Lipinski definition) is 3. The fraction of sp³-hybridized carbons (Fsp3) is 0.478. The molecule has 11 nitrogen and oxygen atoms in total. The highest BCUT2D eigenvalue weighted by atomic mass is 16.6. The van der Waals surface area contributed by atoms with Crippen LogP contribution in [0.5, 0.6) is 5.75 Å². The lowest BCUT2D eigenvalue weighted by Gasteiger charge is -2.24. The Morgan fingerprint density at radius 2 is 1.97 bits per heavy atom. The van der Waals surface area contributed by atoms with Crippen molar-refractivity contribution in [3.63, 3.8) is 0 Å². The van der Waals surface area contributed by atoms with Gasteiger partial charge in [-0.25, -0.2) is 14.6 Å². The molecule has 1 fully saturated rings. The Morgan fingerprint density at radius 1 is 1.24 bits per heavy atom. The zero-order valence-electron chi connectivity index (χ0n) is 20.2. The molecule has 3 rings (SSSR count). The number of benzene rings is 1. The number of carbonyl (C=O) groups is 2. The van der Waals surface area contributed by atoms with E-state index in [9.17, 15) is 9.59 Å². The molecule has 4 N–H and O–H groups in total. The second kappa shape index (κ2) is 10.4. The number of carbonyl (C=O) groups excluding carboxylic acids is 2. The molecule has 1 aromatic heterocycles. The Kier molecular flexibility index (Phi) is 7.64. The fourth-order valence-electron chi connectivity index (χ4n) is 3.41. The van der Waals surface area contributed by atoms with Crippen LogP contribution in [-0.4, -0.2) is 65.4 Å². The van der Waals surface area contributed by atoms with Gasteiger partial charge in [0.05, 0.1) is 19.4 Å². The van der Waals surface area contributed by atoms with E-state index < -0.39 is 11.6 Å². The van der Waals surface area contributed by atoms with Gasteiger partial charge in [-0.2, -0.15) is 4.98 Å². The van der Waals surface area contributed by atoms with Crippen LogP contribution in [0.4, 0.5) is 27.9 Å². The van der Waals surface area contributed by atoms with Crippen LogP contribution in [0, 0.1) is 0 Å². The molecule has 1 amide bonds. The summed E-state index contributed by atoms with van der Waals surface area (Å²) in [5.41, 5.74) is 6.27. The third kappa shape index (κ3) is 6.18. The van der Waals surface area contributed by atoms with Crippen LogP contribution in [-0.2, 0) is 9.47 Å². The minimum Gasteiger partial charge on any atom is -0.495 e. The Morgan fingerprint density at radius 3 is 2.65 bits per heavy atom. The van der Waals surface area contributed by atoms with Crippen molar-refractivity contribution in [1.82, 2.24) is 14.9 Å². The standard InChI is InChI=1S/C23H32N6O5/c1-6-33-20(30)18-17(24)19(26-15-9-7-8-10-16(15)32-5)28-21(27-18)25-14-11-12-29(13-14)22(31)34-23(2,3)4/h7-10,14H,6,11-13,24H2,1-5H3,(H2,25,26,27,28)/t14-/m0/s1. The minimum absolute atomic E-state index is 0.0525. The zero-order valence-corrected chi connectivity index (χ0v) is 20.2. The summed E-state index contributed by atoms with van der Waals surface area (Å²) in [7, 11) is 1.55. The molecule has 1 saturated heterocycles. The van der Waals surface area contributed by atoms with Gasteiger partial charge in [-0.1, -0.05) is 12.1 Å². The Labute approximate surface area is 199 Å². The fourth-order valence-corrected chi connectivity index (χ4v) is 3.41. The number of anilines is 4. The van der Waals surface area contributed by atoms with Crippen LogP contribution < -0.4 is 21.1 Å². The highest BCUT2D eigenvalue weighted by molar-refractivity contribution is 5.96. The van der Waals surface area contributed by atoms with Crippen LogP contribution in [0.15, 0.2) is 24.3 Å². The number of methoxy groups -OCH3 is 1. The van der Waals surface area contributed by atoms with Crippen molar-refractivity contribution in [1.29, 1.82) is 0 Å². The molecule has 2 aromatic rings. The number of nitrogens with zero attached hydrogens (tertiary/aromatic N) is 3. The lowest BCUT2D eigenvalue weighted by Crippen LogP contribution is -2.36. The molecule has 1 aromatic carbocycles. The Hall–Kier alpha value is -3.76. The second-order valence-corrected chi connectivity index (χ2v) is 8.76. The van der Waals surface area contributed by atoms with Crippen molar-refractivity contribution < 1.29 is 23.8 Å². The van der Waals surface area contributed by atoms with E-state index in [1.807, 2.05) is 32.9 Å². The molecule has 11 heteroatoms. The van der Waals surface area contributed by atoms with Gasteiger partial charge in [0, 0.05) is 19.1 Å². The number of nitrogens with one attached hydrogen (secondary N) is 2. The number of aromatic nitrogens is 2. The summed E-state index contributed by atoms with van der Waals surface area (Å²) in [6.45, 7) is 8.29. The highest BCUT2D eigenvalue weighted by Crippen LogP contribution is 2.31. The van der Waals surface area contributed by atoms with E-state index in [4.69, 9.17) is 19.9 Å². The predicted molar refractivity (Wildman–Crippen MR) is 129 cm³/mol. The van der Waals surface area contributed by atoms with Gasteiger partial charge in [-0.15, -0.1) is 0 Å². The maximum Gasteiger partial charge on any atom is 0.410 e. The molecule has 0 radical (unpaired) electrons. The third-order valence-electron chi connectivity index (χ3n) is 4.95. The Bertz CT molecular complexity index is 1040. The lowest BCUT2D eigenvalue weighted by atomic mass is 10.2. The number of hydrogen-bond acceptors (Lipinski definition) is 10. The third-order valence-corrected chi connectivity index (χ3v) is 4.95.